The summed E-state index contributed by atoms with van der Waals surface area (Å²) >= 11 is 0. The number of carbonyl (C=O) groups is 1. The maximum absolute atomic E-state index is 11.3. The zero-order valence-electron chi connectivity index (χ0n) is 15.6. The van der Waals surface area contributed by atoms with Crippen molar-refractivity contribution in [2.75, 3.05) is 19.8 Å². The van der Waals surface area contributed by atoms with E-state index in [-0.39, 0.29) is 12.7 Å². The van der Waals surface area contributed by atoms with Crippen LogP contribution in [-0.2, 0) is 11.3 Å². The quantitative estimate of drug-likeness (QED) is 0.496. The van der Waals surface area contributed by atoms with Crippen molar-refractivity contribution in [2.45, 2.75) is 64.9 Å². The average Bonchev–Trinajstić information content (AvgIpc) is 2.65. The van der Waals surface area contributed by atoms with Gasteiger partial charge in [0.25, 0.3) is 0 Å². The van der Waals surface area contributed by atoms with Gasteiger partial charge in [0.2, 0.25) is 0 Å². The minimum Gasteiger partial charge on any atom is -0.445 e. The Morgan fingerprint density at radius 3 is 2.12 bits per heavy atom. The first-order valence-corrected chi connectivity index (χ1v) is 9.40. The molecule has 0 bridgehead atoms. The molecule has 144 valence electrons. The monoisotopic (exact) mass is 353 g/mol. The summed E-state index contributed by atoms with van der Waals surface area (Å²) in [6.45, 7) is 3.69. The molecule has 0 atom stereocenters. The van der Waals surface area contributed by atoms with E-state index < -0.39 is 0 Å². The van der Waals surface area contributed by atoms with Gasteiger partial charge in [0.15, 0.2) is 0 Å². The predicted molar refractivity (Wildman–Crippen MR) is 101 cm³/mol. The number of hydrogen-bond donors (Lipinski definition) is 3. The Balaban J connectivity index is 0.000000697. The smallest absolute Gasteiger partial charge is 0.407 e. The zero-order chi connectivity index (χ0) is 18.6. The molecule has 0 fully saturated rings. The largest absolute Gasteiger partial charge is 0.445 e. The molecule has 1 amide bonds. The molecule has 0 unspecified atom stereocenters. The van der Waals surface area contributed by atoms with Crippen LogP contribution in [0.25, 0.3) is 0 Å². The number of unbranched alkanes of at least 4 members (excludes halogenated alkanes) is 6. The summed E-state index contributed by atoms with van der Waals surface area (Å²) in [6, 6.07) is 9.59. The second-order valence-corrected chi connectivity index (χ2v) is 5.91. The average molecular weight is 354 g/mol. The molecule has 1 rings (SSSR count). The van der Waals surface area contributed by atoms with Gasteiger partial charge in [0.1, 0.15) is 6.61 Å². The number of carbonyl (C=O) groups excluding carboxylic acids is 1. The van der Waals surface area contributed by atoms with E-state index in [1.807, 2.05) is 30.3 Å². The van der Waals surface area contributed by atoms with Crippen LogP contribution < -0.4 is 5.32 Å². The summed E-state index contributed by atoms with van der Waals surface area (Å²) in [6.07, 6.45) is 8.07. The number of benzene rings is 1. The van der Waals surface area contributed by atoms with Gasteiger partial charge in [0, 0.05) is 19.8 Å². The second-order valence-electron chi connectivity index (χ2n) is 5.91. The fourth-order valence-electron chi connectivity index (χ4n) is 2.09. The van der Waals surface area contributed by atoms with E-state index in [9.17, 15) is 4.79 Å². The van der Waals surface area contributed by atoms with Crippen molar-refractivity contribution in [1.82, 2.24) is 5.32 Å². The lowest BCUT2D eigenvalue weighted by Crippen LogP contribution is -2.25. The van der Waals surface area contributed by atoms with Gasteiger partial charge in [-0.15, -0.1) is 0 Å². The van der Waals surface area contributed by atoms with Crippen LogP contribution >= 0.6 is 0 Å². The fraction of sp³-hybridized carbons (Fsp3) is 0.650. The van der Waals surface area contributed by atoms with Gasteiger partial charge in [-0.25, -0.2) is 4.79 Å². The van der Waals surface area contributed by atoms with Crippen molar-refractivity contribution in [1.29, 1.82) is 0 Å². The van der Waals surface area contributed by atoms with E-state index >= 15 is 0 Å². The molecular weight excluding hydrogens is 318 g/mol. The molecule has 0 aliphatic heterocycles. The lowest BCUT2D eigenvalue weighted by atomic mass is 10.2. The first kappa shape index (κ1) is 23.4. The van der Waals surface area contributed by atoms with Crippen LogP contribution in [0.15, 0.2) is 30.3 Å². The van der Waals surface area contributed by atoms with E-state index in [2.05, 4.69) is 12.2 Å². The van der Waals surface area contributed by atoms with E-state index in [0.29, 0.717) is 19.8 Å². The molecule has 3 N–H and O–H groups in total. The molecule has 1 aromatic carbocycles. The van der Waals surface area contributed by atoms with Crippen LogP contribution in [0.1, 0.15) is 63.9 Å². The van der Waals surface area contributed by atoms with Gasteiger partial charge >= 0.3 is 6.09 Å². The van der Waals surface area contributed by atoms with Crippen LogP contribution in [0.2, 0.25) is 0 Å². The second kappa shape index (κ2) is 18.7. The molecule has 25 heavy (non-hydrogen) atoms. The highest BCUT2D eigenvalue weighted by molar-refractivity contribution is 5.67. The van der Waals surface area contributed by atoms with Crippen LogP contribution in [-0.4, -0.2) is 36.1 Å². The van der Waals surface area contributed by atoms with Crippen molar-refractivity contribution in [3.8, 4) is 0 Å². The Bertz CT molecular complexity index is 394. The van der Waals surface area contributed by atoms with Crippen molar-refractivity contribution >= 4 is 6.09 Å². The molecular formula is C20H35NO4. The molecule has 0 aliphatic rings. The summed E-state index contributed by atoms with van der Waals surface area (Å²) in [4.78, 5) is 11.3. The van der Waals surface area contributed by atoms with Crippen LogP contribution in [0.3, 0.4) is 0 Å². The van der Waals surface area contributed by atoms with E-state index in [1.54, 1.807) is 0 Å². The lowest BCUT2D eigenvalue weighted by molar-refractivity contribution is 0.139. The molecule has 1 aromatic rings. The normalized spacial score (nSPS) is 9.88. The first-order chi connectivity index (χ1) is 12.2. The lowest BCUT2D eigenvalue weighted by Gasteiger charge is -2.06. The Morgan fingerprint density at radius 2 is 1.52 bits per heavy atom. The summed E-state index contributed by atoms with van der Waals surface area (Å²) in [5, 5.41) is 19.6. The molecule has 0 radical (unpaired) electrons. The minimum absolute atomic E-state index is 0.243. The number of alkyl carbamates (subject to hydrolysis) is 1. The molecule has 0 saturated heterocycles. The van der Waals surface area contributed by atoms with Crippen LogP contribution in [0.5, 0.6) is 0 Å². The highest BCUT2D eigenvalue weighted by atomic mass is 16.5. The topological polar surface area (TPSA) is 78.8 Å². The van der Waals surface area contributed by atoms with E-state index in [1.165, 1.54) is 19.3 Å². The molecule has 0 heterocycles. The third-order valence-electron chi connectivity index (χ3n) is 3.58. The van der Waals surface area contributed by atoms with Crippen molar-refractivity contribution < 1.29 is 19.7 Å². The number of amides is 1. The molecule has 0 aliphatic carbocycles. The molecule has 0 spiro atoms. The summed E-state index contributed by atoms with van der Waals surface area (Å²) in [7, 11) is 0. The van der Waals surface area contributed by atoms with Crippen molar-refractivity contribution in [2.24, 2.45) is 0 Å². The number of aliphatic hydroxyl groups is 2. The highest BCUT2D eigenvalue weighted by Gasteiger charge is 2.01. The first-order valence-electron chi connectivity index (χ1n) is 9.40. The Kier molecular flexibility index (Phi) is 17.6. The highest BCUT2D eigenvalue weighted by Crippen LogP contribution is 2.01. The van der Waals surface area contributed by atoms with Crippen molar-refractivity contribution in [3.63, 3.8) is 0 Å². The Hall–Kier alpha value is -1.59. The van der Waals surface area contributed by atoms with Gasteiger partial charge < -0.3 is 20.3 Å². The molecule has 0 aromatic heterocycles. The fourth-order valence-corrected chi connectivity index (χ4v) is 2.09. The van der Waals surface area contributed by atoms with Gasteiger partial charge in [-0.05, 0) is 24.8 Å². The number of aliphatic hydroxyl groups excluding tert-OH is 2. The SMILES string of the molecule is CCCCCCO.O=C(NCCCCCCO)OCc1ccccc1. The van der Waals surface area contributed by atoms with E-state index in [4.69, 9.17) is 14.9 Å². The summed E-state index contributed by atoms with van der Waals surface area (Å²) < 4.78 is 5.07. The Morgan fingerprint density at radius 1 is 0.920 bits per heavy atom. The maximum atomic E-state index is 11.3. The number of hydrogen-bond acceptors (Lipinski definition) is 4. The van der Waals surface area contributed by atoms with Gasteiger partial charge in [0.05, 0.1) is 0 Å². The van der Waals surface area contributed by atoms with Gasteiger partial charge in [-0.3, -0.25) is 0 Å². The number of nitrogens with one attached hydrogen (secondary N) is 1. The standard InChI is InChI=1S/C14H21NO3.C6H14O/c16-11-7-2-1-6-10-15-14(17)18-12-13-8-4-3-5-9-13;1-2-3-4-5-6-7/h3-5,8-9,16H,1-2,6-7,10-12H2,(H,15,17);7H,2-6H2,1H3. The Labute approximate surface area is 152 Å². The summed E-state index contributed by atoms with van der Waals surface area (Å²) in [5.41, 5.74) is 0.982. The number of rotatable bonds is 12. The molecule has 5 heteroatoms. The van der Waals surface area contributed by atoms with Gasteiger partial charge in [-0.1, -0.05) is 69.4 Å². The van der Waals surface area contributed by atoms with E-state index in [0.717, 1.165) is 37.7 Å². The van der Waals surface area contributed by atoms with Gasteiger partial charge in [-0.2, -0.15) is 0 Å². The zero-order valence-corrected chi connectivity index (χ0v) is 15.6. The third kappa shape index (κ3) is 17.0. The predicted octanol–water partition coefficient (Wildman–Crippen LogP) is 4.02. The minimum atomic E-state index is -0.374. The van der Waals surface area contributed by atoms with Crippen LogP contribution in [0.4, 0.5) is 4.79 Å². The van der Waals surface area contributed by atoms with Crippen molar-refractivity contribution in [3.05, 3.63) is 35.9 Å². The van der Waals surface area contributed by atoms with Crippen LogP contribution in [0, 0.1) is 0 Å². The maximum Gasteiger partial charge on any atom is 0.407 e. The third-order valence-corrected chi connectivity index (χ3v) is 3.58. The number of ether oxygens (including phenoxy) is 1. The summed E-state index contributed by atoms with van der Waals surface area (Å²) in [5.74, 6) is 0. The molecule has 5 nitrogen and oxygen atoms in total. The molecule has 0 saturated carbocycles.